The first-order chi connectivity index (χ1) is 11.7. The molecule has 0 aliphatic heterocycles. The van der Waals surface area contributed by atoms with Gasteiger partial charge in [-0.2, -0.15) is 0 Å². The van der Waals surface area contributed by atoms with Crippen LogP contribution in [0, 0.1) is 0 Å². The number of hydrogen-bond donors (Lipinski definition) is 3. The minimum Gasteiger partial charge on any atom is -0.394 e. The molecule has 3 N–H and O–H groups in total. The lowest BCUT2D eigenvalue weighted by Gasteiger charge is -2.29. The second-order valence-corrected chi connectivity index (χ2v) is 6.57. The van der Waals surface area contributed by atoms with Crippen LogP contribution in [0.15, 0.2) is 24.4 Å². The van der Waals surface area contributed by atoms with Crippen molar-refractivity contribution in [2.24, 2.45) is 0 Å². The number of amides is 2. The van der Waals surface area contributed by atoms with E-state index in [2.05, 4.69) is 27.8 Å². The van der Waals surface area contributed by atoms with Gasteiger partial charge in [-0.15, -0.1) is 10.2 Å². The van der Waals surface area contributed by atoms with Crippen LogP contribution in [-0.4, -0.2) is 37.9 Å². The summed E-state index contributed by atoms with van der Waals surface area (Å²) in [5, 5.41) is 24.1. The van der Waals surface area contributed by atoms with Gasteiger partial charge in [0, 0.05) is 6.20 Å². The van der Waals surface area contributed by atoms with Gasteiger partial charge in [0.2, 0.25) is 0 Å². The molecule has 0 aromatic carbocycles. The van der Waals surface area contributed by atoms with E-state index < -0.39 is 5.54 Å². The third kappa shape index (κ3) is 3.36. The molecule has 2 aromatic heterocycles. The average molecular weight is 331 g/mol. The maximum Gasteiger partial charge on any atom is 0.315 e. The fourth-order valence-corrected chi connectivity index (χ4v) is 3.46. The van der Waals surface area contributed by atoms with Gasteiger partial charge in [-0.3, -0.25) is 4.40 Å². The number of aliphatic hydroxyl groups excluding tert-OH is 1. The summed E-state index contributed by atoms with van der Waals surface area (Å²) in [7, 11) is 0. The largest absolute Gasteiger partial charge is 0.394 e. The van der Waals surface area contributed by atoms with E-state index in [-0.39, 0.29) is 18.7 Å². The predicted octanol–water partition coefficient (Wildman–Crippen LogP) is 2.17. The lowest BCUT2D eigenvalue weighted by Crippen LogP contribution is -2.53. The fraction of sp³-hybridized carbons (Fsp3) is 0.588. The minimum atomic E-state index is -0.478. The van der Waals surface area contributed by atoms with Crippen LogP contribution in [0.4, 0.5) is 4.79 Å². The summed E-state index contributed by atoms with van der Waals surface area (Å²) in [6.07, 6.45) is 7.31. The van der Waals surface area contributed by atoms with Gasteiger partial charge < -0.3 is 15.7 Å². The Hall–Kier alpha value is -2.15. The van der Waals surface area contributed by atoms with E-state index in [0.717, 1.165) is 50.0 Å². The number of pyridine rings is 1. The van der Waals surface area contributed by atoms with Gasteiger partial charge in [-0.1, -0.05) is 32.3 Å². The zero-order valence-electron chi connectivity index (χ0n) is 14.0. The highest BCUT2D eigenvalue weighted by atomic mass is 16.3. The highest BCUT2D eigenvalue weighted by molar-refractivity contribution is 5.75. The van der Waals surface area contributed by atoms with Gasteiger partial charge in [-0.25, -0.2) is 4.79 Å². The zero-order chi connectivity index (χ0) is 17.0. The van der Waals surface area contributed by atoms with Crippen LogP contribution < -0.4 is 10.6 Å². The Morgan fingerprint density at radius 2 is 2.17 bits per heavy atom. The average Bonchev–Trinajstić information content (AvgIpc) is 3.22. The second kappa shape index (κ2) is 7.17. The Morgan fingerprint density at radius 1 is 1.38 bits per heavy atom. The molecule has 0 spiro atoms. The van der Waals surface area contributed by atoms with Crippen LogP contribution in [0.2, 0.25) is 0 Å². The standard InChI is InChI=1S/C17H25N5O2/c1-2-7-13(15-21-20-14-8-3-6-11-22(14)15)18-16(24)19-17(12-23)9-4-5-10-17/h3,6,8,11,13,23H,2,4-5,7,9-10,12H2,1H3,(H2,18,19,24). The monoisotopic (exact) mass is 331 g/mol. The van der Waals surface area contributed by atoms with Crippen molar-refractivity contribution in [1.82, 2.24) is 25.2 Å². The van der Waals surface area contributed by atoms with E-state index in [1.165, 1.54) is 0 Å². The number of aromatic nitrogens is 3. The van der Waals surface area contributed by atoms with Gasteiger partial charge in [0.25, 0.3) is 0 Å². The molecule has 0 bridgehead atoms. The summed E-state index contributed by atoms with van der Waals surface area (Å²) < 4.78 is 1.90. The molecule has 7 nitrogen and oxygen atoms in total. The van der Waals surface area contributed by atoms with Crippen LogP contribution in [0.25, 0.3) is 5.65 Å². The first kappa shape index (κ1) is 16.7. The third-order valence-corrected chi connectivity index (χ3v) is 4.78. The van der Waals surface area contributed by atoms with Crippen LogP contribution in [0.5, 0.6) is 0 Å². The van der Waals surface area contributed by atoms with Crippen molar-refractivity contribution in [2.45, 2.75) is 57.0 Å². The van der Waals surface area contributed by atoms with Crippen LogP contribution in [-0.2, 0) is 0 Å². The Balaban J connectivity index is 1.75. The first-order valence-electron chi connectivity index (χ1n) is 8.67. The molecule has 0 saturated heterocycles. The van der Waals surface area contributed by atoms with E-state index in [9.17, 15) is 9.90 Å². The molecule has 2 heterocycles. The number of carbonyl (C=O) groups excluding carboxylic acids is 1. The van der Waals surface area contributed by atoms with Crippen LogP contribution in [0.1, 0.15) is 57.3 Å². The summed E-state index contributed by atoms with van der Waals surface area (Å²) in [5.74, 6) is 0.729. The smallest absolute Gasteiger partial charge is 0.315 e. The van der Waals surface area contributed by atoms with Crippen LogP contribution >= 0.6 is 0 Å². The molecule has 1 unspecified atom stereocenters. The molecule has 3 rings (SSSR count). The van der Waals surface area contributed by atoms with E-state index >= 15 is 0 Å². The normalized spacial score (nSPS) is 17.8. The number of carbonyl (C=O) groups is 1. The molecule has 1 aliphatic rings. The van der Waals surface area contributed by atoms with Crippen molar-refractivity contribution in [3.8, 4) is 0 Å². The molecule has 24 heavy (non-hydrogen) atoms. The molecule has 7 heteroatoms. The Kier molecular flexibility index (Phi) is 4.99. The lowest BCUT2D eigenvalue weighted by atomic mass is 9.99. The molecule has 2 amide bonds. The van der Waals surface area contributed by atoms with Crippen molar-refractivity contribution in [2.75, 3.05) is 6.61 Å². The summed E-state index contributed by atoms with van der Waals surface area (Å²) >= 11 is 0. The van der Waals surface area contributed by atoms with E-state index in [1.54, 1.807) is 0 Å². The Morgan fingerprint density at radius 3 is 2.88 bits per heavy atom. The van der Waals surface area contributed by atoms with E-state index in [4.69, 9.17) is 0 Å². The molecule has 1 fully saturated rings. The van der Waals surface area contributed by atoms with Gasteiger partial charge >= 0.3 is 6.03 Å². The van der Waals surface area contributed by atoms with Gasteiger partial charge in [0.05, 0.1) is 18.2 Å². The summed E-state index contributed by atoms with van der Waals surface area (Å²) in [5.41, 5.74) is 0.284. The zero-order valence-corrected chi connectivity index (χ0v) is 14.0. The van der Waals surface area contributed by atoms with Crippen molar-refractivity contribution in [1.29, 1.82) is 0 Å². The lowest BCUT2D eigenvalue weighted by molar-refractivity contribution is 0.161. The van der Waals surface area contributed by atoms with Crippen molar-refractivity contribution < 1.29 is 9.90 Å². The minimum absolute atomic E-state index is 0.0211. The van der Waals surface area contributed by atoms with E-state index in [0.29, 0.717) is 0 Å². The number of aliphatic hydroxyl groups is 1. The quantitative estimate of drug-likeness (QED) is 0.756. The molecular formula is C17H25N5O2. The maximum absolute atomic E-state index is 12.5. The molecule has 1 saturated carbocycles. The third-order valence-electron chi connectivity index (χ3n) is 4.78. The molecule has 1 atom stereocenters. The van der Waals surface area contributed by atoms with Crippen LogP contribution in [0.3, 0.4) is 0 Å². The summed E-state index contributed by atoms with van der Waals surface area (Å²) in [6, 6.07) is 5.25. The van der Waals surface area contributed by atoms with Gasteiger partial charge in [0.1, 0.15) is 0 Å². The molecule has 130 valence electrons. The number of hydrogen-bond acceptors (Lipinski definition) is 4. The highest BCUT2D eigenvalue weighted by Gasteiger charge is 2.35. The first-order valence-corrected chi connectivity index (χ1v) is 8.67. The Bertz CT molecular complexity index is 693. The molecule has 0 radical (unpaired) electrons. The molecular weight excluding hydrogens is 306 g/mol. The SMILES string of the molecule is CCCC(NC(=O)NC1(CO)CCCC1)c1nnc2ccccn12. The summed E-state index contributed by atoms with van der Waals surface area (Å²) in [6.45, 7) is 2.05. The van der Waals surface area contributed by atoms with Crippen molar-refractivity contribution in [3.05, 3.63) is 30.2 Å². The molecule has 1 aliphatic carbocycles. The fourth-order valence-electron chi connectivity index (χ4n) is 3.46. The molecule has 2 aromatic rings. The number of fused-ring (bicyclic) bond motifs is 1. The second-order valence-electron chi connectivity index (χ2n) is 6.57. The van der Waals surface area contributed by atoms with Crippen molar-refractivity contribution in [3.63, 3.8) is 0 Å². The predicted molar refractivity (Wildman–Crippen MR) is 90.6 cm³/mol. The number of nitrogens with zero attached hydrogens (tertiary/aromatic N) is 3. The number of urea groups is 1. The van der Waals surface area contributed by atoms with Gasteiger partial charge in [0.15, 0.2) is 11.5 Å². The number of nitrogens with one attached hydrogen (secondary N) is 2. The van der Waals surface area contributed by atoms with E-state index in [1.807, 2.05) is 28.8 Å². The maximum atomic E-state index is 12.5. The highest BCUT2D eigenvalue weighted by Crippen LogP contribution is 2.29. The Labute approximate surface area is 141 Å². The van der Waals surface area contributed by atoms with Gasteiger partial charge in [-0.05, 0) is 31.4 Å². The summed E-state index contributed by atoms with van der Waals surface area (Å²) in [4.78, 5) is 12.5. The number of rotatable bonds is 6. The topological polar surface area (TPSA) is 91.5 Å². The van der Waals surface area contributed by atoms with Crippen molar-refractivity contribution >= 4 is 11.7 Å².